The molecule has 1 nitrogen and oxygen atoms in total. The summed E-state index contributed by atoms with van der Waals surface area (Å²) in [6.45, 7) is 5.01. The number of hydrogen-bond donors (Lipinski definition) is 1. The molecule has 0 aliphatic carbocycles. The summed E-state index contributed by atoms with van der Waals surface area (Å²) in [6.07, 6.45) is 1.06. The highest BCUT2D eigenvalue weighted by atomic mass is 79.9. The molecule has 0 fully saturated rings. The van der Waals surface area contributed by atoms with Crippen LogP contribution in [0.5, 0.6) is 0 Å². The van der Waals surface area contributed by atoms with E-state index in [0.29, 0.717) is 0 Å². The summed E-state index contributed by atoms with van der Waals surface area (Å²) in [5.41, 5.74) is 3.27. The van der Waals surface area contributed by atoms with Gasteiger partial charge < -0.3 is 5.32 Å². The van der Waals surface area contributed by atoms with Crippen LogP contribution < -0.4 is 5.32 Å². The van der Waals surface area contributed by atoms with Crippen LogP contribution in [-0.2, 0) is 0 Å². The Labute approximate surface area is 139 Å². The van der Waals surface area contributed by atoms with E-state index in [2.05, 4.69) is 50.2 Å². The van der Waals surface area contributed by atoms with Crippen molar-refractivity contribution in [1.82, 2.24) is 5.32 Å². The van der Waals surface area contributed by atoms with Crippen LogP contribution in [0.15, 0.2) is 31.8 Å². The van der Waals surface area contributed by atoms with Crippen molar-refractivity contribution in [3.63, 3.8) is 0 Å². The molecular weight excluding hydrogens is 405 g/mol. The van der Waals surface area contributed by atoms with Gasteiger partial charge in [-0.1, -0.05) is 13.0 Å². The number of hydrogen-bond acceptors (Lipinski definition) is 2. The molecule has 1 N–H and O–H groups in total. The number of nitrogens with one attached hydrogen (secondary N) is 1. The number of aryl methyl sites for hydroxylation is 1. The molecule has 2 aromatic rings. The van der Waals surface area contributed by atoms with Crippen LogP contribution in [0.25, 0.3) is 0 Å². The van der Waals surface area contributed by atoms with Gasteiger partial charge in [0, 0.05) is 0 Å². The van der Waals surface area contributed by atoms with Gasteiger partial charge in [0.2, 0.25) is 0 Å². The summed E-state index contributed by atoms with van der Waals surface area (Å²) in [4.78, 5) is 0. The molecule has 1 aromatic heterocycles. The summed E-state index contributed by atoms with van der Waals surface area (Å²) in [7, 11) is 0. The summed E-state index contributed by atoms with van der Waals surface area (Å²) in [5.74, 6) is -0.189. The van der Waals surface area contributed by atoms with Crippen molar-refractivity contribution < 1.29 is 4.39 Å². The molecule has 0 spiro atoms. The molecule has 1 atom stereocenters. The van der Waals surface area contributed by atoms with Crippen LogP contribution in [0, 0.1) is 12.7 Å². The first-order chi connectivity index (χ1) is 9.52. The quantitative estimate of drug-likeness (QED) is 0.643. The van der Waals surface area contributed by atoms with Crippen molar-refractivity contribution in [2.24, 2.45) is 0 Å². The molecule has 0 amide bonds. The molecule has 0 saturated carbocycles. The van der Waals surface area contributed by atoms with E-state index in [1.165, 1.54) is 11.6 Å². The fraction of sp³-hybridized carbons (Fsp3) is 0.333. The van der Waals surface area contributed by atoms with Crippen molar-refractivity contribution in [3.8, 4) is 0 Å². The molecule has 2 rings (SSSR count). The highest BCUT2D eigenvalue weighted by molar-refractivity contribution is 9.12. The molecule has 0 saturated heterocycles. The van der Waals surface area contributed by atoms with E-state index in [1.807, 2.05) is 13.0 Å². The first-order valence-corrected chi connectivity index (χ1v) is 8.87. The molecule has 1 aromatic carbocycles. The van der Waals surface area contributed by atoms with Crippen molar-refractivity contribution in [2.45, 2.75) is 26.3 Å². The van der Waals surface area contributed by atoms with Gasteiger partial charge in [0.15, 0.2) is 0 Å². The molecule has 5 heteroatoms. The molecule has 108 valence electrons. The maximum Gasteiger partial charge on any atom is 0.123 e. The lowest BCUT2D eigenvalue weighted by Gasteiger charge is -2.21. The number of thiophene rings is 1. The minimum atomic E-state index is -0.189. The normalized spacial score (nSPS) is 12.7. The Kier molecular flexibility index (Phi) is 5.78. The smallest absolute Gasteiger partial charge is 0.123 e. The summed E-state index contributed by atoms with van der Waals surface area (Å²) >= 11 is 8.80. The third-order valence-corrected chi connectivity index (χ3v) is 5.52. The number of rotatable bonds is 5. The van der Waals surface area contributed by atoms with Crippen LogP contribution in [0.4, 0.5) is 4.39 Å². The zero-order valence-electron chi connectivity index (χ0n) is 11.3. The topological polar surface area (TPSA) is 12.0 Å². The lowest BCUT2D eigenvalue weighted by atomic mass is 9.96. The zero-order chi connectivity index (χ0) is 14.7. The Hall–Kier alpha value is -0.230. The van der Waals surface area contributed by atoms with Crippen molar-refractivity contribution in [3.05, 3.63) is 54.3 Å². The van der Waals surface area contributed by atoms with E-state index in [9.17, 15) is 4.39 Å². The molecule has 0 aliphatic rings. The lowest BCUT2D eigenvalue weighted by Crippen LogP contribution is -2.23. The van der Waals surface area contributed by atoms with E-state index in [0.717, 1.165) is 31.7 Å². The van der Waals surface area contributed by atoms with E-state index in [4.69, 9.17) is 0 Å². The van der Waals surface area contributed by atoms with Gasteiger partial charge in [-0.15, -0.1) is 11.3 Å². The molecule has 20 heavy (non-hydrogen) atoms. The Morgan fingerprint density at radius 1 is 1.25 bits per heavy atom. The first kappa shape index (κ1) is 16.1. The summed E-state index contributed by atoms with van der Waals surface area (Å²) < 4.78 is 15.5. The monoisotopic (exact) mass is 419 g/mol. The average Bonchev–Trinajstić information content (AvgIpc) is 2.71. The van der Waals surface area contributed by atoms with E-state index in [1.54, 1.807) is 17.4 Å². The molecule has 0 radical (unpaired) electrons. The fourth-order valence-electron chi connectivity index (χ4n) is 2.19. The zero-order valence-corrected chi connectivity index (χ0v) is 15.3. The Balaban J connectivity index is 2.44. The van der Waals surface area contributed by atoms with Crippen molar-refractivity contribution >= 4 is 43.2 Å². The van der Waals surface area contributed by atoms with Gasteiger partial charge in [0.05, 0.1) is 13.6 Å². The highest BCUT2D eigenvalue weighted by Crippen LogP contribution is 2.38. The third kappa shape index (κ3) is 3.70. The maximum atomic E-state index is 13.3. The fourth-order valence-corrected chi connectivity index (χ4v) is 5.09. The van der Waals surface area contributed by atoms with Crippen LogP contribution in [-0.4, -0.2) is 6.54 Å². The molecule has 0 bridgehead atoms. The highest BCUT2D eigenvalue weighted by Gasteiger charge is 2.20. The molecular formula is C15H16Br2FNS. The van der Waals surface area contributed by atoms with Crippen LogP contribution in [0.1, 0.15) is 36.1 Å². The predicted octanol–water partition coefficient (Wildman–Crippen LogP) is 5.81. The second-order valence-corrected chi connectivity index (χ2v) is 8.42. The van der Waals surface area contributed by atoms with Gasteiger partial charge in [-0.25, -0.2) is 4.39 Å². The van der Waals surface area contributed by atoms with Crippen LogP contribution >= 0.6 is 43.2 Å². The second-order valence-electron chi connectivity index (χ2n) is 4.67. The van der Waals surface area contributed by atoms with Crippen molar-refractivity contribution in [2.75, 3.05) is 6.54 Å². The Bertz CT molecular complexity index is 598. The van der Waals surface area contributed by atoms with Gasteiger partial charge in [-0.05, 0) is 86.6 Å². The van der Waals surface area contributed by atoms with Gasteiger partial charge in [-0.3, -0.25) is 0 Å². The van der Waals surface area contributed by atoms with Gasteiger partial charge in [-0.2, -0.15) is 0 Å². The number of benzene rings is 1. The lowest BCUT2D eigenvalue weighted by molar-refractivity contribution is 0.590. The third-order valence-electron chi connectivity index (χ3n) is 3.14. The van der Waals surface area contributed by atoms with Gasteiger partial charge in [0.25, 0.3) is 0 Å². The maximum absolute atomic E-state index is 13.3. The van der Waals surface area contributed by atoms with E-state index < -0.39 is 0 Å². The standard InChI is InChI=1S/C15H16Br2FNS/c1-3-6-19-14(12-8-13(16)20-15(12)17)11-5-4-10(18)7-9(11)2/h4-5,7-8,14,19H,3,6H2,1-2H3. The predicted molar refractivity (Wildman–Crippen MR) is 91.0 cm³/mol. The summed E-state index contributed by atoms with van der Waals surface area (Å²) in [6, 6.07) is 7.18. The van der Waals surface area contributed by atoms with Crippen molar-refractivity contribution in [1.29, 1.82) is 0 Å². The largest absolute Gasteiger partial charge is 0.306 e. The molecule has 1 heterocycles. The second kappa shape index (κ2) is 7.16. The molecule has 1 unspecified atom stereocenters. The van der Waals surface area contributed by atoms with E-state index in [-0.39, 0.29) is 11.9 Å². The average molecular weight is 421 g/mol. The SMILES string of the molecule is CCCNC(c1ccc(F)cc1C)c1cc(Br)sc1Br. The first-order valence-electron chi connectivity index (χ1n) is 6.47. The Morgan fingerprint density at radius 2 is 2.00 bits per heavy atom. The molecule has 0 aliphatic heterocycles. The van der Waals surface area contributed by atoms with Crippen LogP contribution in [0.3, 0.4) is 0 Å². The van der Waals surface area contributed by atoms with Gasteiger partial charge >= 0.3 is 0 Å². The van der Waals surface area contributed by atoms with Gasteiger partial charge in [0.1, 0.15) is 5.82 Å². The number of halogens is 3. The minimum Gasteiger partial charge on any atom is -0.306 e. The minimum absolute atomic E-state index is 0.0764. The van der Waals surface area contributed by atoms with E-state index >= 15 is 0 Å². The summed E-state index contributed by atoms with van der Waals surface area (Å²) in [5, 5.41) is 3.55. The Morgan fingerprint density at radius 3 is 2.55 bits per heavy atom. The van der Waals surface area contributed by atoms with Crippen LogP contribution in [0.2, 0.25) is 0 Å².